The highest BCUT2D eigenvalue weighted by Crippen LogP contribution is 2.18. The van der Waals surface area contributed by atoms with Crippen LogP contribution in [0.2, 0.25) is 0 Å². The summed E-state index contributed by atoms with van der Waals surface area (Å²) in [5.74, 6) is -0.176. The summed E-state index contributed by atoms with van der Waals surface area (Å²) < 4.78 is 15.1. The molecule has 3 aromatic rings. The van der Waals surface area contributed by atoms with Crippen molar-refractivity contribution in [1.29, 1.82) is 0 Å². The molecule has 0 unspecified atom stereocenters. The monoisotopic (exact) mass is 392 g/mol. The molecule has 0 bridgehead atoms. The second-order valence-corrected chi connectivity index (χ2v) is 7.54. The third kappa shape index (κ3) is 4.31. The van der Waals surface area contributed by atoms with Gasteiger partial charge < -0.3 is 9.80 Å². The van der Waals surface area contributed by atoms with Gasteiger partial charge >= 0.3 is 0 Å². The van der Waals surface area contributed by atoms with E-state index in [9.17, 15) is 9.18 Å². The van der Waals surface area contributed by atoms with Crippen LogP contribution >= 0.6 is 0 Å². The molecule has 29 heavy (non-hydrogen) atoms. The SMILES string of the molecule is Cc1cc(C)n(Cc2ccc(C(=O)N3CCN(c4ccc(F)cc4)CC3)cc2)n1. The van der Waals surface area contributed by atoms with E-state index in [-0.39, 0.29) is 11.7 Å². The van der Waals surface area contributed by atoms with Crippen molar-refractivity contribution in [3.05, 3.63) is 82.9 Å². The van der Waals surface area contributed by atoms with E-state index in [0.29, 0.717) is 25.2 Å². The number of rotatable bonds is 4. The Bertz CT molecular complexity index is 987. The zero-order valence-electron chi connectivity index (χ0n) is 16.8. The number of anilines is 1. The van der Waals surface area contributed by atoms with Gasteiger partial charge in [-0.25, -0.2) is 4.39 Å². The lowest BCUT2D eigenvalue weighted by Gasteiger charge is -2.36. The molecule has 2 aromatic carbocycles. The van der Waals surface area contributed by atoms with Crippen molar-refractivity contribution in [2.45, 2.75) is 20.4 Å². The molecule has 150 valence electrons. The Hall–Kier alpha value is -3.15. The largest absolute Gasteiger partial charge is 0.368 e. The molecule has 4 rings (SSSR count). The molecule has 1 saturated heterocycles. The van der Waals surface area contributed by atoms with Crippen LogP contribution in [0.1, 0.15) is 27.3 Å². The average molecular weight is 392 g/mol. The molecule has 1 aromatic heterocycles. The van der Waals surface area contributed by atoms with Crippen LogP contribution < -0.4 is 4.90 Å². The number of aryl methyl sites for hydroxylation is 2. The van der Waals surface area contributed by atoms with Crippen LogP contribution in [-0.4, -0.2) is 46.8 Å². The van der Waals surface area contributed by atoms with Crippen LogP contribution in [0.3, 0.4) is 0 Å². The summed E-state index contributed by atoms with van der Waals surface area (Å²) in [6.45, 7) is 7.53. The molecule has 2 heterocycles. The Morgan fingerprint density at radius 2 is 1.62 bits per heavy atom. The molecule has 0 radical (unpaired) electrons. The standard InChI is InChI=1S/C23H25FN4O/c1-17-15-18(2)28(25-17)16-19-3-5-20(6-4-19)23(29)27-13-11-26(12-14-27)22-9-7-21(24)8-10-22/h3-10,15H,11-14,16H2,1-2H3. The lowest BCUT2D eigenvalue weighted by Crippen LogP contribution is -2.48. The van der Waals surface area contributed by atoms with Gasteiger partial charge in [0, 0.05) is 43.1 Å². The number of hydrogen-bond acceptors (Lipinski definition) is 3. The number of piperazine rings is 1. The van der Waals surface area contributed by atoms with E-state index in [4.69, 9.17) is 0 Å². The van der Waals surface area contributed by atoms with E-state index in [0.717, 1.165) is 35.7 Å². The summed E-state index contributed by atoms with van der Waals surface area (Å²) in [5.41, 5.74) is 4.95. The zero-order valence-corrected chi connectivity index (χ0v) is 16.8. The molecule has 1 aliphatic rings. The van der Waals surface area contributed by atoms with Gasteiger partial charge in [-0.2, -0.15) is 5.10 Å². The van der Waals surface area contributed by atoms with Gasteiger partial charge in [0.15, 0.2) is 0 Å². The maximum absolute atomic E-state index is 13.1. The predicted octanol–water partition coefficient (Wildman–Crippen LogP) is 3.65. The molecule has 1 fully saturated rings. The number of hydrogen-bond donors (Lipinski definition) is 0. The molecule has 0 aliphatic carbocycles. The maximum atomic E-state index is 13.1. The zero-order chi connectivity index (χ0) is 20.4. The van der Waals surface area contributed by atoms with Crippen molar-refractivity contribution in [2.75, 3.05) is 31.1 Å². The normalized spacial score (nSPS) is 14.3. The fourth-order valence-corrected chi connectivity index (χ4v) is 3.76. The number of aromatic nitrogens is 2. The summed E-state index contributed by atoms with van der Waals surface area (Å²) in [6, 6.07) is 16.4. The summed E-state index contributed by atoms with van der Waals surface area (Å²) in [6.07, 6.45) is 0. The van der Waals surface area contributed by atoms with Crippen LogP contribution in [0.15, 0.2) is 54.6 Å². The third-order valence-corrected chi connectivity index (χ3v) is 5.40. The third-order valence-electron chi connectivity index (χ3n) is 5.40. The van der Waals surface area contributed by atoms with Crippen molar-refractivity contribution < 1.29 is 9.18 Å². The summed E-state index contributed by atoms with van der Waals surface area (Å²) in [5, 5.41) is 4.49. The van der Waals surface area contributed by atoms with Crippen molar-refractivity contribution in [3.63, 3.8) is 0 Å². The van der Waals surface area contributed by atoms with E-state index in [2.05, 4.69) is 16.1 Å². The van der Waals surface area contributed by atoms with Crippen LogP contribution in [0.5, 0.6) is 0 Å². The van der Waals surface area contributed by atoms with Gasteiger partial charge in [0.25, 0.3) is 5.91 Å². The van der Waals surface area contributed by atoms with Crippen LogP contribution in [0, 0.1) is 19.7 Å². The summed E-state index contributed by atoms with van der Waals surface area (Å²) in [4.78, 5) is 16.9. The van der Waals surface area contributed by atoms with Gasteiger partial charge in [-0.15, -0.1) is 0 Å². The van der Waals surface area contributed by atoms with E-state index < -0.39 is 0 Å². The number of halogens is 1. The van der Waals surface area contributed by atoms with E-state index in [1.165, 1.54) is 12.1 Å². The minimum atomic E-state index is -0.233. The summed E-state index contributed by atoms with van der Waals surface area (Å²) >= 11 is 0. The fraction of sp³-hybridized carbons (Fsp3) is 0.304. The highest BCUT2D eigenvalue weighted by molar-refractivity contribution is 5.94. The number of carbonyl (C=O) groups excluding carboxylic acids is 1. The molecular weight excluding hydrogens is 367 g/mol. The molecule has 0 saturated carbocycles. The van der Waals surface area contributed by atoms with Crippen LogP contribution in [0.4, 0.5) is 10.1 Å². The van der Waals surface area contributed by atoms with E-state index in [1.807, 2.05) is 47.7 Å². The Labute approximate surface area is 170 Å². The first-order chi connectivity index (χ1) is 14.0. The molecule has 1 amide bonds. The number of benzene rings is 2. The Morgan fingerprint density at radius 1 is 0.966 bits per heavy atom. The smallest absolute Gasteiger partial charge is 0.253 e. The van der Waals surface area contributed by atoms with Crippen LogP contribution in [-0.2, 0) is 6.54 Å². The lowest BCUT2D eigenvalue weighted by molar-refractivity contribution is 0.0747. The van der Waals surface area contributed by atoms with Crippen molar-refractivity contribution in [3.8, 4) is 0 Å². The fourth-order valence-electron chi connectivity index (χ4n) is 3.76. The Morgan fingerprint density at radius 3 is 2.21 bits per heavy atom. The lowest BCUT2D eigenvalue weighted by atomic mass is 10.1. The van der Waals surface area contributed by atoms with Gasteiger partial charge in [0.2, 0.25) is 0 Å². The van der Waals surface area contributed by atoms with Gasteiger partial charge in [-0.1, -0.05) is 12.1 Å². The first kappa shape index (κ1) is 19.2. The van der Waals surface area contributed by atoms with E-state index in [1.54, 1.807) is 12.1 Å². The van der Waals surface area contributed by atoms with E-state index >= 15 is 0 Å². The first-order valence-corrected chi connectivity index (χ1v) is 9.89. The molecule has 0 atom stereocenters. The van der Waals surface area contributed by atoms with Gasteiger partial charge in [0.1, 0.15) is 5.82 Å². The molecular formula is C23H25FN4O. The van der Waals surface area contributed by atoms with Gasteiger partial charge in [-0.3, -0.25) is 9.48 Å². The van der Waals surface area contributed by atoms with Crippen molar-refractivity contribution in [1.82, 2.24) is 14.7 Å². The highest BCUT2D eigenvalue weighted by atomic mass is 19.1. The minimum absolute atomic E-state index is 0.0569. The second kappa shape index (κ2) is 8.07. The van der Waals surface area contributed by atoms with Gasteiger partial charge in [-0.05, 0) is 61.9 Å². The molecule has 6 heteroatoms. The topological polar surface area (TPSA) is 41.4 Å². The summed E-state index contributed by atoms with van der Waals surface area (Å²) in [7, 11) is 0. The van der Waals surface area contributed by atoms with Gasteiger partial charge in [0.05, 0.1) is 12.2 Å². The van der Waals surface area contributed by atoms with Crippen molar-refractivity contribution >= 4 is 11.6 Å². The number of carbonyl (C=O) groups is 1. The molecule has 0 N–H and O–H groups in total. The second-order valence-electron chi connectivity index (χ2n) is 7.54. The Balaban J connectivity index is 1.36. The van der Waals surface area contributed by atoms with Crippen LogP contribution in [0.25, 0.3) is 0 Å². The predicted molar refractivity (Wildman–Crippen MR) is 112 cm³/mol. The Kier molecular flexibility index (Phi) is 5.34. The minimum Gasteiger partial charge on any atom is -0.368 e. The number of nitrogens with zero attached hydrogens (tertiary/aromatic N) is 4. The first-order valence-electron chi connectivity index (χ1n) is 9.89. The average Bonchev–Trinajstić information content (AvgIpc) is 3.05. The molecule has 0 spiro atoms. The molecule has 1 aliphatic heterocycles. The quantitative estimate of drug-likeness (QED) is 0.681. The molecule has 5 nitrogen and oxygen atoms in total. The number of amides is 1. The highest BCUT2D eigenvalue weighted by Gasteiger charge is 2.22. The maximum Gasteiger partial charge on any atom is 0.253 e. The van der Waals surface area contributed by atoms with Crippen molar-refractivity contribution in [2.24, 2.45) is 0 Å².